The molecule has 2 aromatic rings. The fourth-order valence-electron chi connectivity index (χ4n) is 2.46. The van der Waals surface area contributed by atoms with Gasteiger partial charge in [0.05, 0.1) is 18.6 Å². The van der Waals surface area contributed by atoms with Gasteiger partial charge in [-0.3, -0.25) is 0 Å². The molecular formula is C14H14N2O. The molecule has 1 saturated carbocycles. The van der Waals surface area contributed by atoms with Gasteiger partial charge in [-0.2, -0.15) is 5.26 Å². The molecule has 1 fully saturated rings. The Morgan fingerprint density at radius 1 is 1.35 bits per heavy atom. The summed E-state index contributed by atoms with van der Waals surface area (Å²) in [5.74, 6) is 0.838. The van der Waals surface area contributed by atoms with E-state index < -0.39 is 0 Å². The van der Waals surface area contributed by atoms with Crippen molar-refractivity contribution in [3.05, 3.63) is 30.0 Å². The van der Waals surface area contributed by atoms with Crippen LogP contribution in [0.5, 0.6) is 5.75 Å². The largest absolute Gasteiger partial charge is 0.497 e. The summed E-state index contributed by atoms with van der Waals surface area (Å²) in [6.45, 7) is 0. The number of methoxy groups -OCH3 is 1. The van der Waals surface area contributed by atoms with E-state index in [-0.39, 0.29) is 5.41 Å². The van der Waals surface area contributed by atoms with Crippen molar-refractivity contribution in [1.82, 2.24) is 4.98 Å². The molecule has 1 N–H and O–H groups in total. The number of hydrogen-bond acceptors (Lipinski definition) is 2. The van der Waals surface area contributed by atoms with E-state index >= 15 is 0 Å². The molecule has 1 aromatic carbocycles. The molecule has 86 valence electrons. The number of ether oxygens (including phenoxy) is 1. The van der Waals surface area contributed by atoms with Crippen molar-refractivity contribution in [2.45, 2.75) is 24.7 Å². The van der Waals surface area contributed by atoms with E-state index in [1.165, 1.54) is 0 Å². The van der Waals surface area contributed by atoms with Crippen molar-refractivity contribution in [1.29, 1.82) is 5.26 Å². The zero-order chi connectivity index (χ0) is 11.9. The van der Waals surface area contributed by atoms with Crippen molar-refractivity contribution < 1.29 is 4.74 Å². The first-order valence-corrected chi connectivity index (χ1v) is 5.86. The molecule has 0 spiro atoms. The maximum atomic E-state index is 9.32. The number of benzene rings is 1. The second-order valence-electron chi connectivity index (χ2n) is 4.68. The van der Waals surface area contributed by atoms with Gasteiger partial charge in [0.15, 0.2) is 0 Å². The fraction of sp³-hybridized carbons (Fsp3) is 0.357. The second-order valence-corrected chi connectivity index (χ2v) is 4.68. The lowest BCUT2D eigenvalue weighted by molar-refractivity contribution is 0.318. The molecule has 0 aliphatic heterocycles. The van der Waals surface area contributed by atoms with Gasteiger partial charge in [-0.05, 0) is 42.8 Å². The quantitative estimate of drug-likeness (QED) is 0.855. The van der Waals surface area contributed by atoms with Crippen molar-refractivity contribution >= 4 is 10.9 Å². The highest BCUT2D eigenvalue weighted by atomic mass is 16.5. The SMILES string of the molecule is COc1ccc2cc(C3(C#N)CCC3)[nH]c2c1. The van der Waals surface area contributed by atoms with E-state index in [4.69, 9.17) is 4.74 Å². The molecule has 1 aromatic heterocycles. The Labute approximate surface area is 100 Å². The molecule has 0 saturated heterocycles. The van der Waals surface area contributed by atoms with Gasteiger partial charge in [-0.25, -0.2) is 0 Å². The molecule has 3 heteroatoms. The molecule has 0 unspecified atom stereocenters. The number of rotatable bonds is 2. The van der Waals surface area contributed by atoms with Crippen LogP contribution < -0.4 is 4.74 Å². The molecular weight excluding hydrogens is 212 g/mol. The lowest BCUT2D eigenvalue weighted by atomic mass is 9.68. The van der Waals surface area contributed by atoms with Crippen LogP contribution in [0.15, 0.2) is 24.3 Å². The molecule has 1 aliphatic rings. The highest BCUT2D eigenvalue weighted by Gasteiger charge is 2.40. The van der Waals surface area contributed by atoms with Gasteiger partial charge >= 0.3 is 0 Å². The summed E-state index contributed by atoms with van der Waals surface area (Å²) in [4.78, 5) is 3.36. The Kier molecular flexibility index (Phi) is 2.12. The summed E-state index contributed by atoms with van der Waals surface area (Å²) >= 11 is 0. The van der Waals surface area contributed by atoms with Crippen LogP contribution in [0.3, 0.4) is 0 Å². The van der Waals surface area contributed by atoms with Gasteiger partial charge in [-0.15, -0.1) is 0 Å². The number of nitrogens with zero attached hydrogens (tertiary/aromatic N) is 1. The lowest BCUT2D eigenvalue weighted by Crippen LogP contribution is -2.32. The van der Waals surface area contributed by atoms with Gasteiger partial charge in [0.2, 0.25) is 0 Å². The third-order valence-corrected chi connectivity index (χ3v) is 3.77. The summed E-state index contributed by atoms with van der Waals surface area (Å²) in [5.41, 5.74) is 1.82. The topological polar surface area (TPSA) is 48.8 Å². The minimum atomic E-state index is -0.272. The van der Waals surface area contributed by atoms with Crippen LogP contribution in [-0.2, 0) is 5.41 Å². The first-order valence-electron chi connectivity index (χ1n) is 5.86. The van der Waals surface area contributed by atoms with Crippen LogP contribution in [0.25, 0.3) is 10.9 Å². The van der Waals surface area contributed by atoms with E-state index in [0.29, 0.717) is 0 Å². The number of nitrogens with one attached hydrogen (secondary N) is 1. The Morgan fingerprint density at radius 2 is 2.18 bits per heavy atom. The van der Waals surface area contributed by atoms with Gasteiger partial charge in [-0.1, -0.05) is 0 Å². The third-order valence-electron chi connectivity index (χ3n) is 3.77. The summed E-state index contributed by atoms with van der Waals surface area (Å²) in [7, 11) is 1.66. The van der Waals surface area contributed by atoms with Crippen LogP contribution in [-0.4, -0.2) is 12.1 Å². The third kappa shape index (κ3) is 1.41. The summed E-state index contributed by atoms with van der Waals surface area (Å²) in [5, 5.41) is 10.5. The van der Waals surface area contributed by atoms with E-state index in [1.807, 2.05) is 18.2 Å². The Bertz CT molecular complexity index is 602. The average molecular weight is 226 g/mol. The lowest BCUT2D eigenvalue weighted by Gasteiger charge is -2.34. The van der Waals surface area contributed by atoms with Crippen molar-refractivity contribution in [2.24, 2.45) is 0 Å². The molecule has 3 rings (SSSR count). The highest BCUT2D eigenvalue weighted by molar-refractivity contribution is 5.82. The number of fused-ring (bicyclic) bond motifs is 1. The fourth-order valence-corrected chi connectivity index (χ4v) is 2.46. The normalized spacial score (nSPS) is 17.4. The van der Waals surface area contributed by atoms with Crippen molar-refractivity contribution in [3.63, 3.8) is 0 Å². The monoisotopic (exact) mass is 226 g/mol. The minimum absolute atomic E-state index is 0.272. The molecule has 1 heterocycles. The van der Waals surface area contributed by atoms with Crippen LogP contribution in [0.1, 0.15) is 25.0 Å². The minimum Gasteiger partial charge on any atom is -0.497 e. The number of hydrogen-bond donors (Lipinski definition) is 1. The number of aromatic amines is 1. The standard InChI is InChI=1S/C14H14N2O/c1-17-11-4-3-10-7-13(16-12(10)8-11)14(9-15)5-2-6-14/h3-4,7-8,16H,2,5-6H2,1H3. The van der Waals surface area contributed by atoms with Crippen molar-refractivity contribution in [2.75, 3.05) is 7.11 Å². The van der Waals surface area contributed by atoms with Crippen molar-refractivity contribution in [3.8, 4) is 11.8 Å². The van der Waals surface area contributed by atoms with Gasteiger partial charge in [0.25, 0.3) is 0 Å². The van der Waals surface area contributed by atoms with E-state index in [0.717, 1.165) is 41.6 Å². The smallest absolute Gasteiger partial charge is 0.120 e. The zero-order valence-corrected chi connectivity index (χ0v) is 9.79. The first kappa shape index (κ1) is 10.2. The van der Waals surface area contributed by atoms with Gasteiger partial charge < -0.3 is 9.72 Å². The molecule has 0 radical (unpaired) electrons. The maximum absolute atomic E-state index is 9.32. The second kappa shape index (κ2) is 3.53. The van der Waals surface area contributed by atoms with Crippen LogP contribution in [0, 0.1) is 11.3 Å². The number of H-pyrrole nitrogens is 1. The average Bonchev–Trinajstić information content (AvgIpc) is 2.70. The molecule has 1 aliphatic carbocycles. The molecule has 0 bridgehead atoms. The van der Waals surface area contributed by atoms with E-state index in [2.05, 4.69) is 17.1 Å². The highest BCUT2D eigenvalue weighted by Crippen LogP contribution is 2.43. The first-order chi connectivity index (χ1) is 8.27. The van der Waals surface area contributed by atoms with Gasteiger partial charge in [0, 0.05) is 17.3 Å². The number of aromatic nitrogens is 1. The Balaban J connectivity index is 2.11. The van der Waals surface area contributed by atoms with E-state index in [1.54, 1.807) is 7.11 Å². The van der Waals surface area contributed by atoms with E-state index in [9.17, 15) is 5.26 Å². The zero-order valence-electron chi connectivity index (χ0n) is 9.79. The molecule has 17 heavy (non-hydrogen) atoms. The summed E-state index contributed by atoms with van der Waals surface area (Å²) in [6, 6.07) is 10.5. The Morgan fingerprint density at radius 3 is 2.76 bits per heavy atom. The van der Waals surface area contributed by atoms with Crippen LogP contribution >= 0.6 is 0 Å². The van der Waals surface area contributed by atoms with Crippen LogP contribution in [0.4, 0.5) is 0 Å². The molecule has 3 nitrogen and oxygen atoms in total. The predicted molar refractivity (Wildman–Crippen MR) is 66.0 cm³/mol. The van der Waals surface area contributed by atoms with Gasteiger partial charge in [0.1, 0.15) is 5.75 Å². The Hall–Kier alpha value is -1.95. The van der Waals surface area contributed by atoms with Crippen LogP contribution in [0.2, 0.25) is 0 Å². The summed E-state index contributed by atoms with van der Waals surface area (Å²) < 4.78 is 5.20. The summed E-state index contributed by atoms with van der Waals surface area (Å²) in [6.07, 6.45) is 3.08. The predicted octanol–water partition coefficient (Wildman–Crippen LogP) is 3.12. The molecule has 0 amide bonds. The molecule has 0 atom stereocenters. The maximum Gasteiger partial charge on any atom is 0.120 e. The number of nitriles is 1.